The van der Waals surface area contributed by atoms with Crippen LogP contribution in [0.5, 0.6) is 0 Å². The van der Waals surface area contributed by atoms with Gasteiger partial charge in [-0.1, -0.05) is 24.3 Å². The summed E-state index contributed by atoms with van der Waals surface area (Å²) >= 11 is 0. The fourth-order valence-corrected chi connectivity index (χ4v) is 4.61. The molecule has 4 N–H and O–H groups in total. The Morgan fingerprint density at radius 3 is 2.63 bits per heavy atom. The number of fused-ring (bicyclic) bond motifs is 1. The van der Waals surface area contributed by atoms with Crippen LogP contribution in [0.3, 0.4) is 0 Å². The summed E-state index contributed by atoms with van der Waals surface area (Å²) in [6.07, 6.45) is 3.41. The first kappa shape index (κ1) is 20.1. The van der Waals surface area contributed by atoms with Crippen molar-refractivity contribution in [1.82, 2.24) is 15.0 Å². The number of aromatic nitrogens is 1. The number of carbonyl (C=O) groups is 2. The zero-order valence-corrected chi connectivity index (χ0v) is 16.8. The molecule has 1 saturated carbocycles. The lowest BCUT2D eigenvalue weighted by molar-refractivity contribution is -0.139. The molecule has 0 saturated heterocycles. The van der Waals surface area contributed by atoms with Gasteiger partial charge in [0.05, 0.1) is 4.90 Å². The van der Waals surface area contributed by atoms with E-state index in [2.05, 4.69) is 15.0 Å². The highest BCUT2D eigenvalue weighted by molar-refractivity contribution is 7.89. The van der Waals surface area contributed by atoms with E-state index in [0.717, 1.165) is 29.3 Å². The Morgan fingerprint density at radius 2 is 1.90 bits per heavy atom. The minimum absolute atomic E-state index is 0.0226. The highest BCUT2D eigenvalue weighted by Gasteiger charge is 2.28. The lowest BCUT2D eigenvalue weighted by atomic mass is 10.0. The highest BCUT2D eigenvalue weighted by atomic mass is 32.2. The molecule has 1 heterocycles. The lowest BCUT2D eigenvalue weighted by Gasteiger charge is -2.15. The van der Waals surface area contributed by atoms with Crippen LogP contribution in [0.25, 0.3) is 10.9 Å². The van der Waals surface area contributed by atoms with Gasteiger partial charge in [0.2, 0.25) is 10.0 Å². The predicted octanol–water partition coefficient (Wildman–Crippen LogP) is 2.03. The summed E-state index contributed by atoms with van der Waals surface area (Å²) in [4.78, 5) is 27.5. The molecule has 0 unspecified atom stereocenters. The molecule has 156 valence electrons. The number of aromatic amines is 1. The molecule has 1 aromatic heterocycles. The second kappa shape index (κ2) is 7.92. The molecule has 1 atom stereocenters. The molecule has 1 aliphatic rings. The van der Waals surface area contributed by atoms with E-state index in [1.807, 2.05) is 24.3 Å². The number of carboxylic acid groups (broad SMARTS) is 1. The first-order valence-corrected chi connectivity index (χ1v) is 11.0. The molecule has 9 heteroatoms. The third-order valence-corrected chi connectivity index (χ3v) is 6.53. The maximum Gasteiger partial charge on any atom is 0.326 e. The Bertz CT molecular complexity index is 1210. The fraction of sp³-hybridized carbons (Fsp3) is 0.238. The van der Waals surface area contributed by atoms with Crippen LogP contribution < -0.4 is 10.0 Å². The van der Waals surface area contributed by atoms with Crippen molar-refractivity contribution in [1.29, 1.82) is 0 Å². The maximum atomic E-state index is 12.7. The van der Waals surface area contributed by atoms with Crippen molar-refractivity contribution in [2.45, 2.75) is 36.2 Å². The van der Waals surface area contributed by atoms with E-state index in [9.17, 15) is 23.1 Å². The molecule has 30 heavy (non-hydrogen) atoms. The van der Waals surface area contributed by atoms with Gasteiger partial charge in [-0.3, -0.25) is 4.79 Å². The Labute approximate surface area is 173 Å². The van der Waals surface area contributed by atoms with Crippen LogP contribution in [-0.2, 0) is 21.2 Å². The molecular weight excluding hydrogens is 406 g/mol. The second-order valence-corrected chi connectivity index (χ2v) is 9.07. The minimum Gasteiger partial charge on any atom is -0.480 e. The molecule has 1 amide bonds. The summed E-state index contributed by atoms with van der Waals surface area (Å²) in [5, 5.41) is 13.0. The average Bonchev–Trinajstić information content (AvgIpc) is 3.44. The second-order valence-electron chi connectivity index (χ2n) is 7.35. The number of sulfonamides is 1. The molecule has 4 rings (SSSR count). The van der Waals surface area contributed by atoms with Crippen LogP contribution in [0.4, 0.5) is 0 Å². The van der Waals surface area contributed by atoms with Gasteiger partial charge < -0.3 is 15.4 Å². The normalized spacial score (nSPS) is 15.1. The van der Waals surface area contributed by atoms with Gasteiger partial charge in [0, 0.05) is 35.1 Å². The van der Waals surface area contributed by atoms with Gasteiger partial charge in [0.1, 0.15) is 6.04 Å². The summed E-state index contributed by atoms with van der Waals surface area (Å²) in [7, 11) is -3.71. The van der Waals surface area contributed by atoms with E-state index >= 15 is 0 Å². The quantitative estimate of drug-likeness (QED) is 0.437. The molecule has 8 nitrogen and oxygen atoms in total. The van der Waals surface area contributed by atoms with Crippen LogP contribution in [0.1, 0.15) is 28.8 Å². The first-order chi connectivity index (χ1) is 14.3. The molecule has 1 fully saturated rings. The number of hydrogen-bond acceptors (Lipinski definition) is 4. The number of hydrogen-bond donors (Lipinski definition) is 4. The number of nitrogens with one attached hydrogen (secondary N) is 3. The number of carboxylic acids is 1. The van der Waals surface area contributed by atoms with Gasteiger partial charge in [-0.25, -0.2) is 17.9 Å². The zero-order valence-electron chi connectivity index (χ0n) is 16.0. The summed E-state index contributed by atoms with van der Waals surface area (Å²) in [6.45, 7) is 0. The summed E-state index contributed by atoms with van der Waals surface area (Å²) in [5.41, 5.74) is 1.73. The van der Waals surface area contributed by atoms with Crippen molar-refractivity contribution in [2.24, 2.45) is 0 Å². The van der Waals surface area contributed by atoms with Gasteiger partial charge >= 0.3 is 5.97 Å². The molecule has 0 radical (unpaired) electrons. The highest BCUT2D eigenvalue weighted by Crippen LogP contribution is 2.23. The van der Waals surface area contributed by atoms with Gasteiger partial charge in [0.15, 0.2) is 0 Å². The monoisotopic (exact) mass is 427 g/mol. The summed E-state index contributed by atoms with van der Waals surface area (Å²) in [5.74, 6) is -1.82. The molecule has 2 aromatic carbocycles. The van der Waals surface area contributed by atoms with Gasteiger partial charge in [0.25, 0.3) is 5.91 Å². The molecular formula is C21H21N3O5S. The van der Waals surface area contributed by atoms with Gasteiger partial charge in [-0.05, 0) is 42.7 Å². The van der Waals surface area contributed by atoms with Crippen molar-refractivity contribution in [3.8, 4) is 0 Å². The molecule has 0 bridgehead atoms. The molecule has 0 spiro atoms. The average molecular weight is 427 g/mol. The van der Waals surface area contributed by atoms with Crippen LogP contribution in [0.15, 0.2) is 59.6 Å². The molecule has 3 aromatic rings. The van der Waals surface area contributed by atoms with E-state index < -0.39 is 27.9 Å². The number of H-pyrrole nitrogens is 1. The Balaban J connectivity index is 1.52. The van der Waals surface area contributed by atoms with Crippen LogP contribution in [0.2, 0.25) is 0 Å². The van der Waals surface area contributed by atoms with Crippen molar-refractivity contribution in [2.75, 3.05) is 0 Å². The van der Waals surface area contributed by atoms with E-state index in [1.165, 1.54) is 24.3 Å². The maximum absolute atomic E-state index is 12.7. The third-order valence-electron chi connectivity index (χ3n) is 5.01. The number of amides is 1. The SMILES string of the molecule is O=C(N[C@H](Cc1c[nH]c2ccccc12)C(=O)O)c1cccc(S(=O)(=O)NC2CC2)c1. The number of carbonyl (C=O) groups excluding carboxylic acids is 1. The van der Waals surface area contributed by atoms with Crippen molar-refractivity contribution in [3.63, 3.8) is 0 Å². The molecule has 1 aliphatic carbocycles. The Kier molecular flexibility index (Phi) is 5.31. The lowest BCUT2D eigenvalue weighted by Crippen LogP contribution is -2.42. The number of benzene rings is 2. The standard InChI is InChI=1S/C21H21N3O5S/c25-20(13-4-3-5-16(10-13)30(28,29)24-15-8-9-15)23-19(21(26)27)11-14-12-22-18-7-2-1-6-17(14)18/h1-7,10,12,15,19,22,24H,8-9,11H2,(H,23,25)(H,26,27)/t19-/m1/s1. The molecule has 0 aliphatic heterocycles. The van der Waals surface area contributed by atoms with Gasteiger partial charge in [-0.15, -0.1) is 0 Å². The summed E-state index contributed by atoms with van der Waals surface area (Å²) < 4.78 is 27.3. The van der Waals surface area contributed by atoms with Crippen LogP contribution in [0, 0.1) is 0 Å². The minimum atomic E-state index is -3.71. The first-order valence-electron chi connectivity index (χ1n) is 9.54. The van der Waals surface area contributed by atoms with Gasteiger partial charge in [-0.2, -0.15) is 0 Å². The van der Waals surface area contributed by atoms with E-state index in [-0.39, 0.29) is 22.9 Å². The topological polar surface area (TPSA) is 128 Å². The summed E-state index contributed by atoms with van der Waals surface area (Å²) in [6, 6.07) is 11.8. The smallest absolute Gasteiger partial charge is 0.326 e. The van der Waals surface area contributed by atoms with E-state index in [1.54, 1.807) is 6.20 Å². The Morgan fingerprint density at radius 1 is 1.13 bits per heavy atom. The van der Waals surface area contributed by atoms with E-state index in [0.29, 0.717) is 0 Å². The fourth-order valence-electron chi connectivity index (χ4n) is 3.26. The van der Waals surface area contributed by atoms with Crippen LogP contribution >= 0.6 is 0 Å². The van der Waals surface area contributed by atoms with E-state index in [4.69, 9.17) is 0 Å². The number of para-hydroxylation sites is 1. The zero-order chi connectivity index (χ0) is 21.3. The largest absolute Gasteiger partial charge is 0.480 e. The van der Waals surface area contributed by atoms with Crippen molar-refractivity contribution in [3.05, 3.63) is 65.9 Å². The number of rotatable bonds is 8. The van der Waals surface area contributed by atoms with Crippen molar-refractivity contribution >= 4 is 32.8 Å². The number of aliphatic carboxylic acids is 1. The third kappa shape index (κ3) is 4.37. The van der Waals surface area contributed by atoms with Crippen molar-refractivity contribution < 1.29 is 23.1 Å². The Hall–Kier alpha value is -3.17. The van der Waals surface area contributed by atoms with Crippen LogP contribution in [-0.4, -0.2) is 42.5 Å². The predicted molar refractivity (Wildman–Crippen MR) is 111 cm³/mol.